The molecule has 19 heavy (non-hydrogen) atoms. The normalized spacial score (nSPS) is 11.1. The van der Waals surface area contributed by atoms with E-state index in [1.807, 2.05) is 6.07 Å². The van der Waals surface area contributed by atoms with Gasteiger partial charge in [-0.3, -0.25) is 0 Å². The number of aromatic carboxylic acids is 1. The van der Waals surface area contributed by atoms with Crippen LogP contribution in [0, 0.1) is 0 Å². The molecule has 5 heteroatoms. The zero-order chi connectivity index (χ0) is 14.4. The van der Waals surface area contributed by atoms with E-state index in [9.17, 15) is 9.90 Å². The first-order chi connectivity index (χ1) is 8.93. The van der Waals surface area contributed by atoms with E-state index in [1.165, 1.54) is 0 Å². The first-order valence-electron chi connectivity index (χ1n) is 6.39. The molecule has 2 N–H and O–H groups in total. The summed E-state index contributed by atoms with van der Waals surface area (Å²) in [5.41, 5.74) is 0.953. The molecule has 0 aliphatic rings. The van der Waals surface area contributed by atoms with Crippen molar-refractivity contribution >= 4 is 27.6 Å². The van der Waals surface area contributed by atoms with Crippen LogP contribution in [-0.4, -0.2) is 42.2 Å². The van der Waals surface area contributed by atoms with Crippen molar-refractivity contribution in [1.29, 1.82) is 0 Å². The van der Waals surface area contributed by atoms with Crippen molar-refractivity contribution in [2.24, 2.45) is 0 Å². The fourth-order valence-electron chi connectivity index (χ4n) is 1.70. The van der Waals surface area contributed by atoms with Crippen LogP contribution < -0.4 is 5.32 Å². The van der Waals surface area contributed by atoms with Crippen LogP contribution in [0.25, 0.3) is 0 Å². The van der Waals surface area contributed by atoms with Crippen molar-refractivity contribution in [3.8, 4) is 0 Å². The second kappa shape index (κ2) is 7.50. The molecule has 1 aromatic rings. The summed E-state index contributed by atoms with van der Waals surface area (Å²) in [5.74, 6) is -0.922. The number of benzene rings is 1. The molecular formula is C14H21BrN2O2. The van der Waals surface area contributed by atoms with E-state index in [4.69, 9.17) is 0 Å². The zero-order valence-corrected chi connectivity index (χ0v) is 13.2. The number of anilines is 1. The molecule has 0 aliphatic heterocycles. The van der Waals surface area contributed by atoms with Crippen LogP contribution in [0.3, 0.4) is 0 Å². The van der Waals surface area contributed by atoms with Crippen molar-refractivity contribution in [3.63, 3.8) is 0 Å². The molecule has 0 unspecified atom stereocenters. The number of carboxylic acids is 1. The Morgan fingerprint density at radius 3 is 2.74 bits per heavy atom. The number of nitrogens with zero attached hydrogens (tertiary/aromatic N) is 1. The van der Waals surface area contributed by atoms with Gasteiger partial charge in [0.15, 0.2) is 0 Å². The predicted molar refractivity (Wildman–Crippen MR) is 82.0 cm³/mol. The lowest BCUT2D eigenvalue weighted by Gasteiger charge is -2.21. The lowest BCUT2D eigenvalue weighted by Crippen LogP contribution is -2.28. The smallest absolute Gasteiger partial charge is 0.338 e. The number of carboxylic acid groups (broad SMARTS) is 1. The standard InChI is InChI=1S/C14H21BrN2O2/c1-10(2)17(3)9-5-8-16-12-7-4-6-11(15)13(12)14(18)19/h4,6-7,10,16H,5,8-9H2,1-3H3,(H,18,19). The van der Waals surface area contributed by atoms with Gasteiger partial charge in [0.25, 0.3) is 0 Å². The molecule has 0 spiro atoms. The highest BCUT2D eigenvalue weighted by molar-refractivity contribution is 9.10. The highest BCUT2D eigenvalue weighted by Gasteiger charge is 2.13. The molecule has 0 heterocycles. The Morgan fingerprint density at radius 2 is 2.16 bits per heavy atom. The minimum absolute atomic E-state index is 0.291. The first kappa shape index (κ1) is 16.0. The summed E-state index contributed by atoms with van der Waals surface area (Å²) >= 11 is 3.27. The summed E-state index contributed by atoms with van der Waals surface area (Å²) in [5, 5.41) is 12.4. The van der Waals surface area contributed by atoms with Crippen molar-refractivity contribution < 1.29 is 9.90 Å². The summed E-state index contributed by atoms with van der Waals surface area (Å²) in [7, 11) is 2.09. The van der Waals surface area contributed by atoms with E-state index < -0.39 is 5.97 Å². The van der Waals surface area contributed by atoms with Crippen LogP contribution in [0.2, 0.25) is 0 Å². The molecule has 0 fully saturated rings. The molecule has 0 radical (unpaired) electrons. The van der Waals surface area contributed by atoms with Crippen LogP contribution in [-0.2, 0) is 0 Å². The van der Waals surface area contributed by atoms with Gasteiger partial charge < -0.3 is 15.3 Å². The number of hydrogen-bond donors (Lipinski definition) is 2. The minimum Gasteiger partial charge on any atom is -0.478 e. The van der Waals surface area contributed by atoms with Gasteiger partial charge >= 0.3 is 5.97 Å². The molecule has 1 rings (SSSR count). The molecule has 1 aromatic carbocycles. The monoisotopic (exact) mass is 328 g/mol. The minimum atomic E-state index is -0.922. The average molecular weight is 329 g/mol. The molecule has 0 aromatic heterocycles. The Balaban J connectivity index is 2.54. The fraction of sp³-hybridized carbons (Fsp3) is 0.500. The molecule has 4 nitrogen and oxygen atoms in total. The second-order valence-electron chi connectivity index (χ2n) is 4.82. The highest BCUT2D eigenvalue weighted by Crippen LogP contribution is 2.24. The van der Waals surface area contributed by atoms with Crippen molar-refractivity contribution in [2.45, 2.75) is 26.3 Å². The third-order valence-electron chi connectivity index (χ3n) is 3.11. The molecule has 0 bridgehead atoms. The number of halogens is 1. The van der Waals surface area contributed by atoms with Gasteiger partial charge in [-0.1, -0.05) is 6.07 Å². The average Bonchev–Trinajstić information content (AvgIpc) is 2.33. The molecular weight excluding hydrogens is 308 g/mol. The van der Waals surface area contributed by atoms with E-state index in [0.29, 0.717) is 21.8 Å². The van der Waals surface area contributed by atoms with Gasteiger partial charge in [0.2, 0.25) is 0 Å². The second-order valence-corrected chi connectivity index (χ2v) is 5.68. The molecule has 106 valence electrons. The van der Waals surface area contributed by atoms with Gasteiger partial charge in [-0.25, -0.2) is 4.79 Å². The fourth-order valence-corrected chi connectivity index (χ4v) is 2.23. The van der Waals surface area contributed by atoms with Crippen LogP contribution >= 0.6 is 15.9 Å². The third-order valence-corrected chi connectivity index (χ3v) is 3.77. The van der Waals surface area contributed by atoms with Gasteiger partial charge in [0, 0.05) is 22.7 Å². The van der Waals surface area contributed by atoms with Gasteiger partial charge in [-0.05, 0) is 61.9 Å². The maximum Gasteiger partial charge on any atom is 0.338 e. The Labute approximate surface area is 122 Å². The molecule has 0 aliphatic carbocycles. The highest BCUT2D eigenvalue weighted by atomic mass is 79.9. The summed E-state index contributed by atoms with van der Waals surface area (Å²) in [6.07, 6.45) is 0.972. The summed E-state index contributed by atoms with van der Waals surface area (Å²) in [4.78, 5) is 13.5. The van der Waals surface area contributed by atoms with Crippen molar-refractivity contribution in [2.75, 3.05) is 25.5 Å². The molecule has 0 atom stereocenters. The van der Waals surface area contributed by atoms with Crippen molar-refractivity contribution in [3.05, 3.63) is 28.2 Å². The van der Waals surface area contributed by atoms with E-state index in [2.05, 4.69) is 47.0 Å². The summed E-state index contributed by atoms with van der Waals surface area (Å²) in [6, 6.07) is 5.89. The Bertz CT molecular complexity index is 435. The van der Waals surface area contributed by atoms with Crippen molar-refractivity contribution in [1.82, 2.24) is 4.90 Å². The topological polar surface area (TPSA) is 52.6 Å². The number of nitrogens with one attached hydrogen (secondary N) is 1. The first-order valence-corrected chi connectivity index (χ1v) is 7.18. The summed E-state index contributed by atoms with van der Waals surface area (Å²) < 4.78 is 0.601. The number of carbonyl (C=O) groups is 1. The third kappa shape index (κ3) is 4.84. The Hall–Kier alpha value is -1.07. The predicted octanol–water partition coefficient (Wildman–Crippen LogP) is 3.29. The lowest BCUT2D eigenvalue weighted by atomic mass is 10.2. The maximum atomic E-state index is 11.2. The number of hydrogen-bond acceptors (Lipinski definition) is 3. The van der Waals surface area contributed by atoms with Gasteiger partial charge in [-0.2, -0.15) is 0 Å². The molecule has 0 saturated heterocycles. The van der Waals surface area contributed by atoms with Gasteiger partial charge in [0.1, 0.15) is 0 Å². The van der Waals surface area contributed by atoms with E-state index in [0.717, 1.165) is 19.5 Å². The maximum absolute atomic E-state index is 11.2. The van der Waals surface area contributed by atoms with Crippen LogP contribution in [0.4, 0.5) is 5.69 Å². The van der Waals surface area contributed by atoms with E-state index in [-0.39, 0.29) is 0 Å². The van der Waals surface area contributed by atoms with Gasteiger partial charge in [0.05, 0.1) is 5.56 Å². The quantitative estimate of drug-likeness (QED) is 0.754. The Kier molecular flexibility index (Phi) is 6.31. The van der Waals surface area contributed by atoms with Crippen LogP contribution in [0.1, 0.15) is 30.6 Å². The SMILES string of the molecule is CC(C)N(C)CCCNc1cccc(Br)c1C(=O)O. The van der Waals surface area contributed by atoms with Crippen LogP contribution in [0.5, 0.6) is 0 Å². The lowest BCUT2D eigenvalue weighted by molar-refractivity contribution is 0.0697. The molecule has 0 amide bonds. The Morgan fingerprint density at radius 1 is 1.47 bits per heavy atom. The zero-order valence-electron chi connectivity index (χ0n) is 11.6. The number of rotatable bonds is 7. The van der Waals surface area contributed by atoms with Crippen LogP contribution in [0.15, 0.2) is 22.7 Å². The largest absolute Gasteiger partial charge is 0.478 e. The summed E-state index contributed by atoms with van der Waals surface area (Å²) in [6.45, 7) is 6.06. The van der Waals surface area contributed by atoms with E-state index in [1.54, 1.807) is 12.1 Å². The van der Waals surface area contributed by atoms with E-state index >= 15 is 0 Å². The van der Waals surface area contributed by atoms with Gasteiger partial charge in [-0.15, -0.1) is 0 Å². The molecule has 0 saturated carbocycles.